The minimum Gasteiger partial charge on any atom is -0.327 e. The van der Waals surface area contributed by atoms with Gasteiger partial charge in [0.1, 0.15) is 5.82 Å². The summed E-state index contributed by atoms with van der Waals surface area (Å²) in [6.45, 7) is 12.4. The minimum atomic E-state index is 0.291. The van der Waals surface area contributed by atoms with E-state index < -0.39 is 0 Å². The van der Waals surface area contributed by atoms with E-state index in [0.29, 0.717) is 17.8 Å². The molecule has 3 aromatic rings. The van der Waals surface area contributed by atoms with Crippen LogP contribution in [0.5, 0.6) is 0 Å². The predicted octanol–water partition coefficient (Wildman–Crippen LogP) is 6.04. The van der Waals surface area contributed by atoms with E-state index in [1.807, 2.05) is 0 Å². The Balaban J connectivity index is 1.97. The quantitative estimate of drug-likeness (QED) is 0.537. The van der Waals surface area contributed by atoms with E-state index in [4.69, 9.17) is 4.98 Å². The third-order valence-corrected chi connectivity index (χ3v) is 4.74. The second-order valence-corrected chi connectivity index (χ2v) is 8.02. The Hall–Kier alpha value is -2.09. The van der Waals surface area contributed by atoms with Crippen LogP contribution in [0.2, 0.25) is 0 Å². The van der Waals surface area contributed by atoms with Crippen molar-refractivity contribution in [2.75, 3.05) is 0 Å². The number of benzene rings is 2. The van der Waals surface area contributed by atoms with Gasteiger partial charge in [0.25, 0.3) is 0 Å². The van der Waals surface area contributed by atoms with Gasteiger partial charge in [-0.2, -0.15) is 0 Å². The Morgan fingerprint density at radius 3 is 2.16 bits per heavy atom. The van der Waals surface area contributed by atoms with Crippen molar-refractivity contribution in [2.45, 2.75) is 53.5 Å². The smallest absolute Gasteiger partial charge is 0.117 e. The summed E-state index contributed by atoms with van der Waals surface area (Å²) in [7, 11) is 0. The van der Waals surface area contributed by atoms with Crippen molar-refractivity contribution in [3.63, 3.8) is 0 Å². The molecule has 0 aliphatic rings. The zero-order valence-corrected chi connectivity index (χ0v) is 16.2. The van der Waals surface area contributed by atoms with Crippen molar-refractivity contribution in [3.8, 4) is 0 Å². The summed E-state index contributed by atoms with van der Waals surface area (Å²) in [5, 5.41) is 0. The van der Waals surface area contributed by atoms with E-state index in [1.165, 1.54) is 22.5 Å². The average Bonchev–Trinajstić information content (AvgIpc) is 2.92. The molecule has 0 saturated carbocycles. The number of para-hydroxylation sites is 2. The molecule has 3 rings (SSSR count). The molecule has 0 spiro atoms. The molecule has 2 aromatic carbocycles. The molecule has 0 unspecified atom stereocenters. The molecule has 132 valence electrons. The van der Waals surface area contributed by atoms with Crippen molar-refractivity contribution in [3.05, 3.63) is 65.5 Å². The highest BCUT2D eigenvalue weighted by atomic mass is 15.1. The Labute approximate surface area is 151 Å². The summed E-state index contributed by atoms with van der Waals surface area (Å²) in [4.78, 5) is 4.98. The predicted molar refractivity (Wildman–Crippen MR) is 107 cm³/mol. The highest BCUT2D eigenvalue weighted by molar-refractivity contribution is 5.76. The molecule has 0 radical (unpaired) electrons. The van der Waals surface area contributed by atoms with Gasteiger partial charge in [0.05, 0.1) is 11.0 Å². The van der Waals surface area contributed by atoms with Gasteiger partial charge in [0, 0.05) is 12.5 Å². The molecular weight excluding hydrogens is 304 g/mol. The zero-order chi connectivity index (χ0) is 18.0. The first-order valence-electron chi connectivity index (χ1n) is 9.49. The number of nitrogens with zero attached hydrogens (tertiary/aromatic N) is 2. The molecular formula is C23H30N2. The second-order valence-electron chi connectivity index (χ2n) is 8.02. The van der Waals surface area contributed by atoms with Crippen molar-refractivity contribution in [1.29, 1.82) is 0 Å². The van der Waals surface area contributed by atoms with Crippen LogP contribution in [-0.2, 0) is 13.0 Å². The maximum Gasteiger partial charge on any atom is 0.117 e. The van der Waals surface area contributed by atoms with Crippen molar-refractivity contribution in [2.24, 2.45) is 11.8 Å². The molecule has 1 atom stereocenters. The van der Waals surface area contributed by atoms with Gasteiger partial charge in [-0.3, -0.25) is 0 Å². The third kappa shape index (κ3) is 3.95. The summed E-state index contributed by atoms with van der Waals surface area (Å²) >= 11 is 0. The lowest BCUT2D eigenvalue weighted by molar-refractivity contribution is 0.511. The lowest BCUT2D eigenvalue weighted by Crippen LogP contribution is -2.11. The maximum absolute atomic E-state index is 4.98. The van der Waals surface area contributed by atoms with Crippen molar-refractivity contribution >= 4 is 11.0 Å². The molecule has 0 amide bonds. The van der Waals surface area contributed by atoms with Gasteiger partial charge in [-0.05, 0) is 41.5 Å². The molecule has 0 bridgehead atoms. The molecule has 25 heavy (non-hydrogen) atoms. The van der Waals surface area contributed by atoms with Gasteiger partial charge in [0.2, 0.25) is 0 Å². The fourth-order valence-corrected chi connectivity index (χ4v) is 3.54. The van der Waals surface area contributed by atoms with E-state index >= 15 is 0 Å². The van der Waals surface area contributed by atoms with Gasteiger partial charge in [-0.15, -0.1) is 0 Å². The summed E-state index contributed by atoms with van der Waals surface area (Å²) < 4.78 is 2.41. The topological polar surface area (TPSA) is 17.8 Å². The second kappa shape index (κ2) is 7.43. The number of aromatic nitrogens is 2. The Kier molecular flexibility index (Phi) is 5.27. The number of hydrogen-bond acceptors (Lipinski definition) is 1. The zero-order valence-electron chi connectivity index (χ0n) is 16.2. The fourth-order valence-electron chi connectivity index (χ4n) is 3.54. The van der Waals surface area contributed by atoms with E-state index in [9.17, 15) is 0 Å². The van der Waals surface area contributed by atoms with Crippen LogP contribution in [0, 0.1) is 11.8 Å². The van der Waals surface area contributed by atoms with Crippen LogP contribution >= 0.6 is 0 Å². The Bertz CT molecular complexity index is 825. The third-order valence-electron chi connectivity index (χ3n) is 4.74. The average molecular weight is 335 g/mol. The monoisotopic (exact) mass is 334 g/mol. The summed E-state index contributed by atoms with van der Waals surface area (Å²) in [5.41, 5.74) is 5.10. The van der Waals surface area contributed by atoms with Crippen LogP contribution in [0.4, 0.5) is 0 Å². The van der Waals surface area contributed by atoms with Crippen molar-refractivity contribution in [1.82, 2.24) is 9.55 Å². The van der Waals surface area contributed by atoms with Gasteiger partial charge in [-0.1, -0.05) is 71.0 Å². The minimum absolute atomic E-state index is 0.291. The van der Waals surface area contributed by atoms with Crippen LogP contribution in [0.1, 0.15) is 57.5 Å². The molecule has 0 saturated heterocycles. The summed E-state index contributed by atoms with van der Waals surface area (Å²) in [6.07, 6.45) is 1.14. The standard InChI is InChI=1S/C23H30N2/c1-16(2)14-19-10-12-20(13-11-19)18(5)23-24-21-8-6-7-9-22(21)25(23)15-17(3)4/h6-13,16-18H,14-15H2,1-5H3/t18-/m1/s1. The Morgan fingerprint density at radius 2 is 1.52 bits per heavy atom. The number of imidazole rings is 1. The van der Waals surface area contributed by atoms with E-state index in [-0.39, 0.29) is 0 Å². The SMILES string of the molecule is CC(C)Cc1ccc([C@@H](C)c2nc3ccccc3n2CC(C)C)cc1. The highest BCUT2D eigenvalue weighted by Crippen LogP contribution is 2.28. The van der Waals surface area contributed by atoms with Crippen LogP contribution in [0.25, 0.3) is 11.0 Å². The number of rotatable bonds is 6. The molecule has 2 heteroatoms. The van der Waals surface area contributed by atoms with Gasteiger partial charge in [-0.25, -0.2) is 4.98 Å². The Morgan fingerprint density at radius 1 is 0.840 bits per heavy atom. The van der Waals surface area contributed by atoms with E-state index in [1.54, 1.807) is 0 Å². The molecule has 2 nitrogen and oxygen atoms in total. The molecule has 0 aliphatic heterocycles. The van der Waals surface area contributed by atoms with Crippen LogP contribution in [0.15, 0.2) is 48.5 Å². The van der Waals surface area contributed by atoms with E-state index in [2.05, 4.69) is 87.7 Å². The van der Waals surface area contributed by atoms with Gasteiger partial charge < -0.3 is 4.57 Å². The van der Waals surface area contributed by atoms with E-state index in [0.717, 1.165) is 18.5 Å². The van der Waals surface area contributed by atoms with Crippen LogP contribution in [0.3, 0.4) is 0 Å². The molecule has 0 fully saturated rings. The molecule has 1 heterocycles. The first-order valence-corrected chi connectivity index (χ1v) is 9.49. The maximum atomic E-state index is 4.98. The molecule has 1 aromatic heterocycles. The lowest BCUT2D eigenvalue weighted by Gasteiger charge is -2.17. The summed E-state index contributed by atoms with van der Waals surface area (Å²) in [6, 6.07) is 17.6. The fraction of sp³-hybridized carbons (Fsp3) is 0.435. The highest BCUT2D eigenvalue weighted by Gasteiger charge is 2.18. The number of fused-ring (bicyclic) bond motifs is 1. The molecule has 0 N–H and O–H groups in total. The largest absolute Gasteiger partial charge is 0.327 e. The van der Waals surface area contributed by atoms with Crippen LogP contribution in [-0.4, -0.2) is 9.55 Å². The normalized spacial score (nSPS) is 13.1. The van der Waals surface area contributed by atoms with Gasteiger partial charge in [0.15, 0.2) is 0 Å². The lowest BCUT2D eigenvalue weighted by atomic mass is 9.96. The number of hydrogen-bond donors (Lipinski definition) is 0. The van der Waals surface area contributed by atoms with Crippen LogP contribution < -0.4 is 0 Å². The first kappa shape index (κ1) is 17.7. The van der Waals surface area contributed by atoms with Crippen molar-refractivity contribution < 1.29 is 0 Å². The van der Waals surface area contributed by atoms with Gasteiger partial charge >= 0.3 is 0 Å². The summed E-state index contributed by atoms with van der Waals surface area (Å²) in [5.74, 6) is 2.75. The molecule has 0 aliphatic carbocycles. The first-order chi connectivity index (χ1) is 12.0.